The second-order valence-electron chi connectivity index (χ2n) is 1.96. The first-order valence-corrected chi connectivity index (χ1v) is 3.20. The summed E-state index contributed by atoms with van der Waals surface area (Å²) in [5.41, 5.74) is 1.17. The lowest BCUT2D eigenvalue weighted by Crippen LogP contribution is -1.83. The Morgan fingerprint density at radius 3 is 2.60 bits per heavy atom. The predicted molar refractivity (Wildman–Crippen MR) is 41.4 cm³/mol. The molecule has 0 unspecified atom stereocenters. The third-order valence-corrected chi connectivity index (χ3v) is 1.21. The summed E-state index contributed by atoms with van der Waals surface area (Å²) in [5.74, 6) is 0. The summed E-state index contributed by atoms with van der Waals surface area (Å²) in [5, 5.41) is 0. The molecule has 0 saturated carbocycles. The van der Waals surface area contributed by atoms with Crippen molar-refractivity contribution in [1.82, 2.24) is 0 Å². The highest BCUT2D eigenvalue weighted by Crippen LogP contribution is 1.99. The molecule has 0 fully saturated rings. The maximum atomic E-state index is 4.98. The first-order valence-electron chi connectivity index (χ1n) is 3.20. The van der Waals surface area contributed by atoms with E-state index in [1.165, 1.54) is 11.8 Å². The Bertz CT molecular complexity index is 191. The molecule has 0 radical (unpaired) electrons. The molecular weight excluding hydrogens is 126 g/mol. The highest BCUT2D eigenvalue weighted by atomic mass is 16.5. The van der Waals surface area contributed by atoms with Crippen molar-refractivity contribution in [1.29, 1.82) is 0 Å². The van der Waals surface area contributed by atoms with Gasteiger partial charge < -0.3 is 4.74 Å². The van der Waals surface area contributed by atoms with E-state index in [1.54, 1.807) is 0 Å². The lowest BCUT2D eigenvalue weighted by atomic mass is 10.2. The van der Waals surface area contributed by atoms with Crippen LogP contribution in [0.5, 0.6) is 0 Å². The summed E-state index contributed by atoms with van der Waals surface area (Å²) in [6.07, 6.45) is 1.45. The summed E-state index contributed by atoms with van der Waals surface area (Å²) in [4.78, 5) is 0. The maximum Gasteiger partial charge on any atom is 0.112 e. The zero-order valence-corrected chi connectivity index (χ0v) is 5.79. The largest absolute Gasteiger partial charge is 0.497 e. The topological polar surface area (TPSA) is 9.23 Å². The lowest BCUT2D eigenvalue weighted by Gasteiger charge is -1.98. The van der Waals surface area contributed by atoms with Crippen LogP contribution in [0.2, 0.25) is 0 Å². The zero-order chi connectivity index (χ0) is 7.23. The molecule has 1 nitrogen and oxygen atoms in total. The fourth-order valence-corrected chi connectivity index (χ4v) is 0.729. The molecular formula is C9H10O. The minimum atomic E-state index is 0.615. The molecule has 0 saturated heterocycles. The van der Waals surface area contributed by atoms with Crippen LogP contribution in [0.25, 0.3) is 0 Å². The molecule has 0 heterocycles. The molecule has 0 aliphatic heterocycles. The van der Waals surface area contributed by atoms with Gasteiger partial charge in [0.2, 0.25) is 0 Å². The number of ether oxygens (including phenoxy) is 1. The van der Waals surface area contributed by atoms with Gasteiger partial charge in [0.1, 0.15) is 6.61 Å². The molecule has 1 aromatic carbocycles. The zero-order valence-electron chi connectivity index (χ0n) is 5.79. The minimum absolute atomic E-state index is 0.615. The molecule has 0 atom stereocenters. The van der Waals surface area contributed by atoms with Gasteiger partial charge in [0.05, 0.1) is 6.26 Å². The van der Waals surface area contributed by atoms with Crippen molar-refractivity contribution < 1.29 is 4.74 Å². The summed E-state index contributed by atoms with van der Waals surface area (Å²) in [6.45, 7) is 4.07. The lowest BCUT2D eigenvalue weighted by molar-refractivity contribution is 0.237. The Hall–Kier alpha value is -1.24. The van der Waals surface area contributed by atoms with E-state index in [-0.39, 0.29) is 0 Å². The predicted octanol–water partition coefficient (Wildman–Crippen LogP) is 2.35. The van der Waals surface area contributed by atoms with Gasteiger partial charge in [-0.1, -0.05) is 36.9 Å². The van der Waals surface area contributed by atoms with E-state index in [9.17, 15) is 0 Å². The normalized spacial score (nSPS) is 8.80. The summed E-state index contributed by atoms with van der Waals surface area (Å²) < 4.78 is 4.98. The first-order chi connectivity index (χ1) is 4.93. The number of hydrogen-bond donors (Lipinski definition) is 0. The van der Waals surface area contributed by atoms with Crippen LogP contribution in [0, 0.1) is 0 Å². The van der Waals surface area contributed by atoms with Crippen molar-refractivity contribution in [2.75, 3.05) is 0 Å². The van der Waals surface area contributed by atoms with Crippen molar-refractivity contribution in [2.45, 2.75) is 6.61 Å². The van der Waals surface area contributed by atoms with Gasteiger partial charge in [-0.25, -0.2) is 0 Å². The smallest absolute Gasteiger partial charge is 0.112 e. The molecule has 0 spiro atoms. The van der Waals surface area contributed by atoms with Gasteiger partial charge in [0.25, 0.3) is 0 Å². The maximum absolute atomic E-state index is 4.98. The van der Waals surface area contributed by atoms with E-state index in [0.717, 1.165) is 0 Å². The summed E-state index contributed by atoms with van der Waals surface area (Å²) >= 11 is 0. The quantitative estimate of drug-likeness (QED) is 0.457. The second-order valence-corrected chi connectivity index (χ2v) is 1.96. The molecule has 10 heavy (non-hydrogen) atoms. The van der Waals surface area contributed by atoms with Crippen molar-refractivity contribution in [2.24, 2.45) is 0 Å². The van der Waals surface area contributed by atoms with Crippen molar-refractivity contribution in [3.8, 4) is 0 Å². The molecule has 1 heteroatoms. The summed E-state index contributed by atoms with van der Waals surface area (Å²) in [7, 11) is 0. The fourth-order valence-electron chi connectivity index (χ4n) is 0.729. The third kappa shape index (κ3) is 1.94. The SMILES string of the molecule is [13CH2]=[13CH]OCc1ccccc1. The Kier molecular flexibility index (Phi) is 2.56. The van der Waals surface area contributed by atoms with Gasteiger partial charge in [-0.3, -0.25) is 0 Å². The van der Waals surface area contributed by atoms with Crippen LogP contribution in [0.1, 0.15) is 5.56 Å². The monoisotopic (exact) mass is 136 g/mol. The highest BCUT2D eigenvalue weighted by molar-refractivity contribution is 5.13. The van der Waals surface area contributed by atoms with Crippen LogP contribution in [0.15, 0.2) is 43.2 Å². The highest BCUT2D eigenvalue weighted by Gasteiger charge is 1.85. The first kappa shape index (κ1) is 6.87. The Balaban J connectivity index is 2.50. The van der Waals surface area contributed by atoms with Crippen LogP contribution >= 0.6 is 0 Å². The van der Waals surface area contributed by atoms with Crippen molar-refractivity contribution in [3.63, 3.8) is 0 Å². The standard InChI is InChI=1S/C9H10O/c1-2-10-8-9-6-4-3-5-7-9/h2-7H,1,8H2/i1+1,2+1. The van der Waals surface area contributed by atoms with Gasteiger partial charge >= 0.3 is 0 Å². The van der Waals surface area contributed by atoms with E-state index < -0.39 is 0 Å². The molecule has 52 valence electrons. The molecule has 0 N–H and O–H groups in total. The molecule has 1 rings (SSSR count). The van der Waals surface area contributed by atoms with E-state index in [1.807, 2.05) is 30.3 Å². The average Bonchev–Trinajstić information content (AvgIpc) is 2.03. The van der Waals surface area contributed by atoms with Crippen LogP contribution in [0.3, 0.4) is 0 Å². The molecule has 0 amide bonds. The second kappa shape index (κ2) is 3.72. The molecule has 0 aromatic heterocycles. The minimum Gasteiger partial charge on any atom is -0.497 e. The van der Waals surface area contributed by atoms with Gasteiger partial charge in [-0.2, -0.15) is 0 Å². The van der Waals surface area contributed by atoms with Crippen molar-refractivity contribution >= 4 is 0 Å². The van der Waals surface area contributed by atoms with Crippen molar-refractivity contribution in [3.05, 3.63) is 48.7 Å². The Morgan fingerprint density at radius 2 is 2.00 bits per heavy atom. The number of rotatable bonds is 3. The van der Waals surface area contributed by atoms with Gasteiger partial charge in [-0.15, -0.1) is 0 Å². The molecule has 0 aliphatic rings. The average molecular weight is 136 g/mol. The van der Waals surface area contributed by atoms with Gasteiger partial charge in [-0.05, 0) is 5.56 Å². The van der Waals surface area contributed by atoms with Crippen LogP contribution in [0.4, 0.5) is 0 Å². The van der Waals surface area contributed by atoms with Crippen LogP contribution in [-0.4, -0.2) is 0 Å². The van der Waals surface area contributed by atoms with Crippen LogP contribution < -0.4 is 0 Å². The fraction of sp³-hybridized carbons (Fsp3) is 0.111. The molecule has 0 bridgehead atoms. The van der Waals surface area contributed by atoms with E-state index >= 15 is 0 Å². The third-order valence-electron chi connectivity index (χ3n) is 1.21. The van der Waals surface area contributed by atoms with E-state index in [4.69, 9.17) is 4.74 Å². The molecule has 1 aromatic rings. The van der Waals surface area contributed by atoms with E-state index in [0.29, 0.717) is 6.61 Å². The Morgan fingerprint density at radius 1 is 1.30 bits per heavy atom. The van der Waals surface area contributed by atoms with E-state index in [2.05, 4.69) is 6.58 Å². The summed E-state index contributed by atoms with van der Waals surface area (Å²) in [6, 6.07) is 9.99. The van der Waals surface area contributed by atoms with Gasteiger partial charge in [0, 0.05) is 0 Å². The Labute approximate surface area is 61.0 Å². The number of hydrogen-bond acceptors (Lipinski definition) is 1. The van der Waals surface area contributed by atoms with Crippen LogP contribution in [-0.2, 0) is 11.3 Å². The number of benzene rings is 1. The molecule has 0 aliphatic carbocycles. The van der Waals surface area contributed by atoms with Gasteiger partial charge in [0.15, 0.2) is 0 Å².